The molecule has 1 unspecified atom stereocenters. The van der Waals surface area contributed by atoms with Crippen LogP contribution in [0.3, 0.4) is 0 Å². The van der Waals surface area contributed by atoms with Gasteiger partial charge in [0.1, 0.15) is 0 Å². The number of hydrogen-bond donors (Lipinski definition) is 0. The van der Waals surface area contributed by atoms with Gasteiger partial charge in [-0.2, -0.15) is 13.2 Å². The summed E-state index contributed by atoms with van der Waals surface area (Å²) in [4.78, 5) is 15.5. The van der Waals surface area contributed by atoms with E-state index in [9.17, 15) is 18.0 Å². The highest BCUT2D eigenvalue weighted by Crippen LogP contribution is 2.42. The van der Waals surface area contributed by atoms with E-state index >= 15 is 0 Å². The van der Waals surface area contributed by atoms with Crippen LogP contribution in [0.1, 0.15) is 12.0 Å². The van der Waals surface area contributed by atoms with Crippen molar-refractivity contribution in [2.75, 3.05) is 18.0 Å². The predicted molar refractivity (Wildman–Crippen MR) is 70.9 cm³/mol. The lowest BCUT2D eigenvalue weighted by Crippen LogP contribution is -2.28. The van der Waals surface area contributed by atoms with E-state index in [0.29, 0.717) is 0 Å². The minimum Gasteiger partial charge on any atom is -0.310 e. The Morgan fingerprint density at radius 1 is 1.48 bits per heavy atom. The molecule has 1 saturated heterocycles. The molecule has 0 N–H and O–H groups in total. The van der Waals surface area contributed by atoms with Gasteiger partial charge >= 0.3 is 6.18 Å². The summed E-state index contributed by atoms with van der Waals surface area (Å²) in [5.41, 5.74) is 6.98. The van der Waals surface area contributed by atoms with Gasteiger partial charge in [0, 0.05) is 24.4 Å². The fourth-order valence-electron chi connectivity index (χ4n) is 2.29. The van der Waals surface area contributed by atoms with E-state index in [1.165, 1.54) is 12.1 Å². The number of benzene rings is 1. The normalized spacial score (nSPS) is 18.8. The van der Waals surface area contributed by atoms with Crippen molar-refractivity contribution in [1.82, 2.24) is 0 Å². The van der Waals surface area contributed by atoms with Crippen LogP contribution in [0.25, 0.3) is 10.4 Å². The molecule has 0 radical (unpaired) electrons. The third-order valence-corrected chi connectivity index (χ3v) is 3.48. The maximum Gasteiger partial charge on any atom is 0.418 e. The summed E-state index contributed by atoms with van der Waals surface area (Å²) in [5.74, 6) is -0.780. The quantitative estimate of drug-likeness (QED) is 0.471. The summed E-state index contributed by atoms with van der Waals surface area (Å²) in [7, 11) is 0. The van der Waals surface area contributed by atoms with Gasteiger partial charge in [0.05, 0.1) is 16.3 Å². The summed E-state index contributed by atoms with van der Waals surface area (Å²) in [5, 5.41) is 3.22. The van der Waals surface area contributed by atoms with Gasteiger partial charge < -0.3 is 4.90 Å². The van der Waals surface area contributed by atoms with Crippen LogP contribution in [0.15, 0.2) is 23.3 Å². The van der Waals surface area contributed by atoms with Gasteiger partial charge in [0.15, 0.2) is 0 Å². The average molecular weight is 319 g/mol. The SMILES string of the molecule is [N-]=[N+]=NCC1CC(=O)N(c2c(Cl)cccc2C(F)(F)F)C1. The molecule has 1 heterocycles. The zero-order chi connectivity index (χ0) is 15.6. The Morgan fingerprint density at radius 2 is 2.19 bits per heavy atom. The van der Waals surface area contributed by atoms with E-state index in [0.717, 1.165) is 11.0 Å². The molecule has 1 aromatic rings. The lowest BCUT2D eigenvalue weighted by molar-refractivity contribution is -0.137. The van der Waals surface area contributed by atoms with Crippen molar-refractivity contribution in [3.8, 4) is 0 Å². The molecule has 0 spiro atoms. The van der Waals surface area contributed by atoms with Crippen LogP contribution >= 0.6 is 11.6 Å². The molecule has 0 saturated carbocycles. The van der Waals surface area contributed by atoms with Crippen LogP contribution in [-0.4, -0.2) is 19.0 Å². The van der Waals surface area contributed by atoms with Gasteiger partial charge in [-0.25, -0.2) is 0 Å². The summed E-state index contributed by atoms with van der Waals surface area (Å²) < 4.78 is 39.1. The van der Waals surface area contributed by atoms with Crippen molar-refractivity contribution in [3.05, 3.63) is 39.2 Å². The summed E-state index contributed by atoms with van der Waals surface area (Å²) in [6.45, 7) is 0.106. The van der Waals surface area contributed by atoms with Crippen molar-refractivity contribution >= 4 is 23.2 Å². The number of carbonyl (C=O) groups is 1. The number of anilines is 1. The van der Waals surface area contributed by atoms with Crippen molar-refractivity contribution in [1.29, 1.82) is 0 Å². The highest BCUT2D eigenvalue weighted by molar-refractivity contribution is 6.34. The summed E-state index contributed by atoms with van der Waals surface area (Å²) in [6, 6.07) is 3.38. The van der Waals surface area contributed by atoms with Crippen LogP contribution in [0.4, 0.5) is 18.9 Å². The third-order valence-electron chi connectivity index (χ3n) is 3.17. The largest absolute Gasteiger partial charge is 0.418 e. The van der Waals surface area contributed by atoms with Crippen molar-refractivity contribution < 1.29 is 18.0 Å². The highest BCUT2D eigenvalue weighted by atomic mass is 35.5. The summed E-state index contributed by atoms with van der Waals surface area (Å²) >= 11 is 5.86. The molecule has 0 bridgehead atoms. The molecular weight excluding hydrogens is 309 g/mol. The molecule has 112 valence electrons. The minimum absolute atomic E-state index is 0.0293. The second-order valence-electron chi connectivity index (χ2n) is 4.62. The number of halogens is 4. The first-order valence-corrected chi connectivity index (χ1v) is 6.39. The van der Waals surface area contributed by atoms with Gasteiger partial charge in [-0.15, -0.1) is 0 Å². The van der Waals surface area contributed by atoms with Gasteiger partial charge in [-0.05, 0) is 23.6 Å². The van der Waals surface area contributed by atoms with Gasteiger partial charge in [0.25, 0.3) is 0 Å². The molecule has 21 heavy (non-hydrogen) atoms. The molecule has 2 rings (SSSR count). The molecule has 5 nitrogen and oxygen atoms in total. The molecule has 1 fully saturated rings. The number of rotatable bonds is 3. The number of alkyl halides is 3. The maximum atomic E-state index is 13.0. The number of amides is 1. The standard InChI is InChI=1S/C12H10ClF3N4O/c13-9-3-1-2-8(12(14,15)16)11(9)20-6-7(4-10(20)21)5-18-19-17/h1-3,7H,4-6H2. The van der Waals surface area contributed by atoms with E-state index < -0.39 is 17.6 Å². The molecule has 1 aliphatic heterocycles. The lowest BCUT2D eigenvalue weighted by atomic mass is 10.1. The first kappa shape index (κ1) is 15.5. The Bertz CT molecular complexity index is 613. The van der Waals surface area contributed by atoms with Gasteiger partial charge in [-0.1, -0.05) is 22.8 Å². The zero-order valence-corrected chi connectivity index (χ0v) is 11.4. The summed E-state index contributed by atoms with van der Waals surface area (Å²) in [6.07, 6.45) is -4.58. The topological polar surface area (TPSA) is 69.1 Å². The number of azide groups is 1. The molecule has 0 aliphatic carbocycles. The number of hydrogen-bond acceptors (Lipinski definition) is 2. The molecule has 1 amide bonds. The Labute approximate surface area is 122 Å². The fourth-order valence-corrected chi connectivity index (χ4v) is 2.57. The Balaban J connectivity index is 2.38. The van der Waals surface area contributed by atoms with E-state index in [2.05, 4.69) is 10.0 Å². The van der Waals surface area contributed by atoms with E-state index in [4.69, 9.17) is 17.1 Å². The van der Waals surface area contributed by atoms with E-state index in [1.54, 1.807) is 0 Å². The molecule has 0 aromatic heterocycles. The van der Waals surface area contributed by atoms with Crippen LogP contribution in [-0.2, 0) is 11.0 Å². The van der Waals surface area contributed by atoms with E-state index in [1.807, 2.05) is 0 Å². The molecule has 1 aliphatic rings. The van der Waals surface area contributed by atoms with Crippen molar-refractivity contribution in [2.45, 2.75) is 12.6 Å². The second kappa shape index (κ2) is 5.83. The second-order valence-corrected chi connectivity index (χ2v) is 5.03. The third kappa shape index (κ3) is 3.22. The fraction of sp³-hybridized carbons (Fsp3) is 0.417. The first-order chi connectivity index (χ1) is 9.84. The minimum atomic E-state index is -4.61. The van der Waals surface area contributed by atoms with Gasteiger partial charge in [0.2, 0.25) is 5.91 Å². The van der Waals surface area contributed by atoms with E-state index in [-0.39, 0.29) is 36.1 Å². The molecule has 1 aromatic carbocycles. The number of carbonyl (C=O) groups excluding carboxylic acids is 1. The maximum absolute atomic E-state index is 13.0. The molecule has 9 heteroatoms. The molecule has 1 atom stereocenters. The van der Waals surface area contributed by atoms with Crippen molar-refractivity contribution in [3.63, 3.8) is 0 Å². The average Bonchev–Trinajstić information content (AvgIpc) is 2.76. The van der Waals surface area contributed by atoms with Gasteiger partial charge in [-0.3, -0.25) is 4.79 Å². The number of para-hydroxylation sites is 1. The Morgan fingerprint density at radius 3 is 2.81 bits per heavy atom. The van der Waals surface area contributed by atoms with Crippen LogP contribution < -0.4 is 4.90 Å². The van der Waals surface area contributed by atoms with Crippen LogP contribution in [0, 0.1) is 5.92 Å². The Hall–Kier alpha value is -1.92. The van der Waals surface area contributed by atoms with Crippen LogP contribution in [0.2, 0.25) is 5.02 Å². The van der Waals surface area contributed by atoms with Crippen molar-refractivity contribution in [2.24, 2.45) is 11.0 Å². The lowest BCUT2D eigenvalue weighted by Gasteiger charge is -2.22. The Kier molecular flexibility index (Phi) is 4.29. The molecular formula is C12H10ClF3N4O. The highest BCUT2D eigenvalue weighted by Gasteiger charge is 2.40. The monoisotopic (exact) mass is 318 g/mol. The first-order valence-electron chi connectivity index (χ1n) is 6.01. The predicted octanol–water partition coefficient (Wildman–Crippen LogP) is 4.02. The van der Waals surface area contributed by atoms with Crippen LogP contribution in [0.5, 0.6) is 0 Å². The zero-order valence-electron chi connectivity index (χ0n) is 10.6. The number of nitrogens with zero attached hydrogens (tertiary/aromatic N) is 4. The smallest absolute Gasteiger partial charge is 0.310 e.